The zero-order valence-corrected chi connectivity index (χ0v) is 6.96. The van der Waals surface area contributed by atoms with Gasteiger partial charge in [0.2, 0.25) is 0 Å². The number of fused-ring (bicyclic) bond motifs is 1. The van der Waals surface area contributed by atoms with E-state index in [1.54, 1.807) is 17.8 Å². The van der Waals surface area contributed by atoms with Gasteiger partial charge in [0, 0.05) is 4.90 Å². The third-order valence-corrected chi connectivity index (χ3v) is 3.12. The molecule has 0 nitrogen and oxygen atoms in total. The Hall–Kier alpha value is -0.500. The van der Waals surface area contributed by atoms with Crippen LogP contribution in [0.1, 0.15) is 12.0 Å². The van der Waals surface area contributed by atoms with Crippen molar-refractivity contribution in [3.05, 3.63) is 29.6 Å². The van der Waals surface area contributed by atoms with E-state index in [1.807, 2.05) is 6.07 Å². The van der Waals surface area contributed by atoms with Crippen molar-refractivity contribution in [1.82, 2.24) is 0 Å². The molecule has 0 saturated carbocycles. The van der Waals surface area contributed by atoms with Gasteiger partial charge in [-0.05, 0) is 30.2 Å². The van der Waals surface area contributed by atoms with Gasteiger partial charge in [-0.15, -0.1) is 11.8 Å². The summed E-state index contributed by atoms with van der Waals surface area (Å²) in [6.45, 7) is 0. The Labute approximate surface area is 69.8 Å². The van der Waals surface area contributed by atoms with Gasteiger partial charge in [0.1, 0.15) is 5.82 Å². The minimum absolute atomic E-state index is 0.0489. The second kappa shape index (κ2) is 2.86. The van der Waals surface area contributed by atoms with E-state index in [1.165, 1.54) is 18.1 Å². The molecule has 1 aromatic rings. The third kappa shape index (κ3) is 1.27. The fourth-order valence-electron chi connectivity index (χ4n) is 1.35. The molecule has 11 heavy (non-hydrogen) atoms. The quantitative estimate of drug-likeness (QED) is 0.574. The standard InChI is InChI=1S/C9H9FS/c10-8-5-1-3-7-4-2-6-11-9(7)8/h1,3,5H,2,4,6H2. The van der Waals surface area contributed by atoms with Crippen molar-refractivity contribution in [2.45, 2.75) is 17.7 Å². The largest absolute Gasteiger partial charge is 0.206 e. The first-order valence-corrected chi connectivity index (χ1v) is 4.76. The van der Waals surface area contributed by atoms with Crippen LogP contribution >= 0.6 is 11.8 Å². The Bertz CT molecular complexity index is 270. The number of rotatable bonds is 0. The lowest BCUT2D eigenvalue weighted by Crippen LogP contribution is -1.99. The topological polar surface area (TPSA) is 0 Å². The molecule has 0 unspecified atom stereocenters. The Morgan fingerprint density at radius 2 is 2.27 bits per heavy atom. The molecule has 0 amide bonds. The van der Waals surface area contributed by atoms with Gasteiger partial charge in [0.15, 0.2) is 0 Å². The summed E-state index contributed by atoms with van der Waals surface area (Å²) < 4.78 is 13.1. The summed E-state index contributed by atoms with van der Waals surface area (Å²) >= 11 is 1.64. The number of halogens is 1. The first kappa shape index (κ1) is 7.17. The van der Waals surface area contributed by atoms with E-state index >= 15 is 0 Å². The van der Waals surface area contributed by atoms with E-state index in [0.29, 0.717) is 0 Å². The van der Waals surface area contributed by atoms with Crippen LogP contribution in [0.5, 0.6) is 0 Å². The number of aryl methyl sites for hydroxylation is 1. The van der Waals surface area contributed by atoms with E-state index in [-0.39, 0.29) is 5.82 Å². The van der Waals surface area contributed by atoms with Crippen LogP contribution in [0, 0.1) is 5.82 Å². The molecule has 0 fully saturated rings. The molecule has 0 bridgehead atoms. The molecule has 1 aliphatic rings. The molecule has 0 aromatic heterocycles. The average molecular weight is 168 g/mol. The molecule has 2 heteroatoms. The number of benzene rings is 1. The minimum atomic E-state index is -0.0489. The second-order valence-electron chi connectivity index (χ2n) is 2.68. The van der Waals surface area contributed by atoms with Gasteiger partial charge in [0.05, 0.1) is 0 Å². The molecule has 0 radical (unpaired) electrons. The first-order valence-electron chi connectivity index (χ1n) is 3.78. The van der Waals surface area contributed by atoms with E-state index < -0.39 is 0 Å². The molecule has 0 saturated heterocycles. The fraction of sp³-hybridized carbons (Fsp3) is 0.333. The van der Waals surface area contributed by atoms with Gasteiger partial charge >= 0.3 is 0 Å². The second-order valence-corrected chi connectivity index (χ2v) is 3.79. The summed E-state index contributed by atoms with van der Waals surface area (Å²) in [5.41, 5.74) is 1.18. The van der Waals surface area contributed by atoms with Crippen LogP contribution < -0.4 is 0 Å². The fourth-order valence-corrected chi connectivity index (χ4v) is 2.40. The molecule has 2 rings (SSSR count). The highest BCUT2D eigenvalue weighted by Gasteiger charge is 2.12. The normalized spacial score (nSPS) is 16.1. The van der Waals surface area contributed by atoms with Gasteiger partial charge in [-0.25, -0.2) is 4.39 Å². The van der Waals surface area contributed by atoms with E-state index in [0.717, 1.165) is 17.1 Å². The van der Waals surface area contributed by atoms with Gasteiger partial charge in [-0.1, -0.05) is 12.1 Å². The number of thioether (sulfide) groups is 1. The van der Waals surface area contributed by atoms with Crippen LogP contribution in [0.2, 0.25) is 0 Å². The van der Waals surface area contributed by atoms with E-state index in [4.69, 9.17) is 0 Å². The van der Waals surface area contributed by atoms with Crippen LogP contribution in [-0.2, 0) is 6.42 Å². The van der Waals surface area contributed by atoms with E-state index in [2.05, 4.69) is 0 Å². The van der Waals surface area contributed by atoms with Crippen molar-refractivity contribution >= 4 is 11.8 Å². The molecule has 1 heterocycles. The molecule has 1 aromatic carbocycles. The van der Waals surface area contributed by atoms with Crippen LogP contribution in [0.15, 0.2) is 23.1 Å². The van der Waals surface area contributed by atoms with Crippen LogP contribution in [0.4, 0.5) is 4.39 Å². The molecule has 0 atom stereocenters. The summed E-state index contributed by atoms with van der Waals surface area (Å²) in [5.74, 6) is 1.01. The van der Waals surface area contributed by atoms with Crippen molar-refractivity contribution in [1.29, 1.82) is 0 Å². The number of hydrogen-bond acceptors (Lipinski definition) is 1. The lowest BCUT2D eigenvalue weighted by molar-refractivity contribution is 0.594. The minimum Gasteiger partial charge on any atom is -0.206 e. The predicted octanol–water partition coefficient (Wildman–Crippen LogP) is 2.86. The maximum absolute atomic E-state index is 13.1. The molecule has 1 aliphatic heterocycles. The summed E-state index contributed by atoms with van der Waals surface area (Å²) in [6, 6.07) is 5.35. The lowest BCUT2D eigenvalue weighted by atomic mass is 10.1. The highest BCUT2D eigenvalue weighted by atomic mass is 32.2. The maximum Gasteiger partial charge on any atom is 0.137 e. The Morgan fingerprint density at radius 3 is 3.09 bits per heavy atom. The number of hydrogen-bond donors (Lipinski definition) is 0. The molecule has 0 N–H and O–H groups in total. The predicted molar refractivity (Wildman–Crippen MR) is 45.4 cm³/mol. The molecular weight excluding hydrogens is 159 g/mol. The average Bonchev–Trinajstić information content (AvgIpc) is 2.06. The van der Waals surface area contributed by atoms with Crippen molar-refractivity contribution < 1.29 is 4.39 Å². The van der Waals surface area contributed by atoms with E-state index in [9.17, 15) is 4.39 Å². The SMILES string of the molecule is Fc1cccc2c1SCCC2. The highest BCUT2D eigenvalue weighted by Crippen LogP contribution is 2.31. The Kier molecular flexibility index (Phi) is 1.86. The Balaban J connectivity index is 2.49. The zero-order chi connectivity index (χ0) is 7.68. The Morgan fingerprint density at radius 1 is 1.36 bits per heavy atom. The summed E-state index contributed by atoms with van der Waals surface area (Å²) in [6.07, 6.45) is 2.22. The molecule has 0 aliphatic carbocycles. The van der Waals surface area contributed by atoms with Crippen molar-refractivity contribution in [2.24, 2.45) is 0 Å². The summed E-state index contributed by atoms with van der Waals surface area (Å²) in [7, 11) is 0. The van der Waals surface area contributed by atoms with Gasteiger partial charge in [0.25, 0.3) is 0 Å². The maximum atomic E-state index is 13.1. The van der Waals surface area contributed by atoms with Crippen molar-refractivity contribution in [3.63, 3.8) is 0 Å². The summed E-state index contributed by atoms with van der Waals surface area (Å²) in [5, 5.41) is 0. The zero-order valence-electron chi connectivity index (χ0n) is 6.14. The highest BCUT2D eigenvalue weighted by molar-refractivity contribution is 7.99. The molecule has 0 spiro atoms. The lowest BCUT2D eigenvalue weighted by Gasteiger charge is -2.14. The van der Waals surface area contributed by atoms with Gasteiger partial charge < -0.3 is 0 Å². The smallest absolute Gasteiger partial charge is 0.137 e. The van der Waals surface area contributed by atoms with Crippen LogP contribution in [0.25, 0.3) is 0 Å². The molecular formula is C9H9FS. The molecule has 58 valence electrons. The van der Waals surface area contributed by atoms with Gasteiger partial charge in [-0.2, -0.15) is 0 Å². The van der Waals surface area contributed by atoms with Crippen molar-refractivity contribution in [3.8, 4) is 0 Å². The monoisotopic (exact) mass is 168 g/mol. The van der Waals surface area contributed by atoms with Crippen molar-refractivity contribution in [2.75, 3.05) is 5.75 Å². The third-order valence-electron chi connectivity index (χ3n) is 1.89. The summed E-state index contributed by atoms with van der Waals surface area (Å²) in [4.78, 5) is 0.874. The first-order chi connectivity index (χ1) is 5.38. The van der Waals surface area contributed by atoms with Crippen LogP contribution in [0.3, 0.4) is 0 Å². The van der Waals surface area contributed by atoms with Crippen LogP contribution in [-0.4, -0.2) is 5.75 Å². The van der Waals surface area contributed by atoms with Gasteiger partial charge in [-0.3, -0.25) is 0 Å².